The van der Waals surface area contributed by atoms with Crippen molar-refractivity contribution in [1.29, 1.82) is 0 Å². The van der Waals surface area contributed by atoms with Crippen molar-refractivity contribution in [2.45, 2.75) is 32.4 Å². The number of ether oxygens (including phenoxy) is 1. The van der Waals surface area contributed by atoms with Crippen molar-refractivity contribution in [3.63, 3.8) is 0 Å². The van der Waals surface area contributed by atoms with Crippen LogP contribution in [-0.2, 0) is 4.79 Å². The molecule has 2 aromatic rings. The minimum absolute atomic E-state index is 0.0531. The Morgan fingerprint density at radius 2 is 1.96 bits per heavy atom. The molecule has 23 heavy (non-hydrogen) atoms. The van der Waals surface area contributed by atoms with Gasteiger partial charge in [-0.1, -0.05) is 43.3 Å². The molecule has 1 aliphatic rings. The van der Waals surface area contributed by atoms with E-state index >= 15 is 0 Å². The van der Waals surface area contributed by atoms with E-state index in [-0.39, 0.29) is 11.9 Å². The van der Waals surface area contributed by atoms with Gasteiger partial charge in [0, 0.05) is 18.2 Å². The Kier molecular flexibility index (Phi) is 4.35. The predicted molar refractivity (Wildman–Crippen MR) is 91.6 cm³/mol. The maximum atomic E-state index is 13.0. The quantitative estimate of drug-likeness (QED) is 0.943. The molecule has 0 spiro atoms. The summed E-state index contributed by atoms with van der Waals surface area (Å²) in [5, 5.41) is 0. The first-order valence-corrected chi connectivity index (χ1v) is 7.99. The van der Waals surface area contributed by atoms with Crippen molar-refractivity contribution in [2.24, 2.45) is 5.73 Å². The van der Waals surface area contributed by atoms with Gasteiger partial charge in [-0.2, -0.15) is 0 Å². The van der Waals surface area contributed by atoms with Crippen molar-refractivity contribution >= 4 is 11.6 Å². The molecule has 1 heterocycles. The minimum atomic E-state index is -0.616. The Hall–Kier alpha value is -2.33. The van der Waals surface area contributed by atoms with Gasteiger partial charge in [-0.25, -0.2) is 0 Å². The number of aryl methyl sites for hydroxylation is 1. The van der Waals surface area contributed by atoms with Gasteiger partial charge in [-0.3, -0.25) is 4.79 Å². The molecule has 4 heteroatoms. The average Bonchev–Trinajstić information content (AvgIpc) is 2.57. The first kappa shape index (κ1) is 15.6. The van der Waals surface area contributed by atoms with Gasteiger partial charge in [0.2, 0.25) is 6.10 Å². The standard InChI is InChI=1S/C19H22N2O2/c1-3-15(20)12-21-16-10-9-13(2)11-17(16)23-18(19(21)22)14-7-5-4-6-8-14/h4-11,15,18H,3,12,20H2,1-2H3. The molecule has 2 aromatic carbocycles. The number of hydrogen-bond acceptors (Lipinski definition) is 3. The summed E-state index contributed by atoms with van der Waals surface area (Å²) in [5.41, 5.74) is 8.87. The van der Waals surface area contributed by atoms with Crippen molar-refractivity contribution in [3.05, 3.63) is 59.7 Å². The molecule has 120 valence electrons. The Bertz CT molecular complexity index is 700. The molecule has 0 saturated heterocycles. The van der Waals surface area contributed by atoms with Gasteiger partial charge >= 0.3 is 0 Å². The van der Waals surface area contributed by atoms with Crippen LogP contribution in [0.25, 0.3) is 0 Å². The number of anilines is 1. The topological polar surface area (TPSA) is 55.6 Å². The highest BCUT2D eigenvalue weighted by Crippen LogP contribution is 2.39. The maximum absolute atomic E-state index is 13.0. The Morgan fingerprint density at radius 3 is 2.65 bits per heavy atom. The number of benzene rings is 2. The van der Waals surface area contributed by atoms with E-state index in [1.165, 1.54) is 0 Å². The smallest absolute Gasteiger partial charge is 0.272 e. The van der Waals surface area contributed by atoms with E-state index in [1.54, 1.807) is 4.90 Å². The van der Waals surface area contributed by atoms with Crippen LogP contribution in [0, 0.1) is 6.92 Å². The van der Waals surface area contributed by atoms with Crippen LogP contribution in [0.3, 0.4) is 0 Å². The number of hydrogen-bond donors (Lipinski definition) is 1. The second-order valence-electron chi connectivity index (χ2n) is 6.00. The lowest BCUT2D eigenvalue weighted by Gasteiger charge is -2.36. The molecule has 0 fully saturated rings. The highest BCUT2D eigenvalue weighted by molar-refractivity contribution is 6.00. The zero-order valence-corrected chi connectivity index (χ0v) is 13.5. The lowest BCUT2D eigenvalue weighted by molar-refractivity contribution is -0.126. The predicted octanol–water partition coefficient (Wildman–Crippen LogP) is 3.20. The van der Waals surface area contributed by atoms with Gasteiger partial charge in [0.1, 0.15) is 5.75 Å². The average molecular weight is 310 g/mol. The zero-order valence-electron chi connectivity index (χ0n) is 13.5. The van der Waals surface area contributed by atoms with E-state index in [4.69, 9.17) is 10.5 Å². The summed E-state index contributed by atoms with van der Waals surface area (Å²) in [7, 11) is 0. The summed E-state index contributed by atoms with van der Waals surface area (Å²) in [5.74, 6) is 0.679. The highest BCUT2D eigenvalue weighted by Gasteiger charge is 2.35. The molecule has 2 unspecified atom stereocenters. The molecular weight excluding hydrogens is 288 g/mol. The van der Waals surface area contributed by atoms with E-state index in [0.29, 0.717) is 6.54 Å². The Morgan fingerprint density at radius 1 is 1.22 bits per heavy atom. The van der Waals surface area contributed by atoms with Crippen LogP contribution in [0.2, 0.25) is 0 Å². The zero-order chi connectivity index (χ0) is 16.4. The minimum Gasteiger partial charge on any atom is -0.474 e. The van der Waals surface area contributed by atoms with Gasteiger partial charge in [0.05, 0.1) is 5.69 Å². The molecule has 0 aromatic heterocycles. The highest BCUT2D eigenvalue weighted by atomic mass is 16.5. The fraction of sp³-hybridized carbons (Fsp3) is 0.316. The molecule has 2 atom stereocenters. The first-order chi connectivity index (χ1) is 11.1. The molecule has 0 saturated carbocycles. The number of nitrogens with zero attached hydrogens (tertiary/aromatic N) is 1. The van der Waals surface area contributed by atoms with Crippen molar-refractivity contribution in [3.8, 4) is 5.75 Å². The van der Waals surface area contributed by atoms with Gasteiger partial charge in [0.25, 0.3) is 5.91 Å². The van der Waals surface area contributed by atoms with Gasteiger partial charge in [0.15, 0.2) is 0 Å². The number of carbonyl (C=O) groups is 1. The molecule has 1 aliphatic heterocycles. The molecular formula is C19H22N2O2. The molecule has 0 bridgehead atoms. The van der Waals surface area contributed by atoms with E-state index < -0.39 is 6.10 Å². The third-order valence-electron chi connectivity index (χ3n) is 4.19. The number of rotatable bonds is 4. The lowest BCUT2D eigenvalue weighted by Crippen LogP contribution is -2.46. The maximum Gasteiger partial charge on any atom is 0.272 e. The summed E-state index contributed by atoms with van der Waals surface area (Å²) >= 11 is 0. The summed E-state index contributed by atoms with van der Waals surface area (Å²) in [6.45, 7) is 4.54. The molecule has 1 amide bonds. The Balaban J connectivity index is 2.02. The molecule has 3 rings (SSSR count). The van der Waals surface area contributed by atoms with Gasteiger partial charge in [-0.15, -0.1) is 0 Å². The van der Waals surface area contributed by atoms with E-state index in [9.17, 15) is 4.79 Å². The normalized spacial score (nSPS) is 18.3. The number of nitrogens with two attached hydrogens (primary N) is 1. The van der Waals surface area contributed by atoms with Crippen LogP contribution >= 0.6 is 0 Å². The molecule has 2 N–H and O–H groups in total. The summed E-state index contributed by atoms with van der Waals surface area (Å²) in [4.78, 5) is 14.7. The van der Waals surface area contributed by atoms with Crippen LogP contribution in [0.5, 0.6) is 5.75 Å². The molecule has 4 nitrogen and oxygen atoms in total. The number of carbonyl (C=O) groups excluding carboxylic acids is 1. The molecule has 0 radical (unpaired) electrons. The van der Waals surface area contributed by atoms with Gasteiger partial charge in [-0.05, 0) is 31.0 Å². The van der Waals surface area contributed by atoms with E-state index in [0.717, 1.165) is 29.0 Å². The third-order valence-corrected chi connectivity index (χ3v) is 4.19. The Labute approximate surface area is 136 Å². The van der Waals surface area contributed by atoms with Crippen molar-refractivity contribution in [2.75, 3.05) is 11.4 Å². The molecule has 0 aliphatic carbocycles. The summed E-state index contributed by atoms with van der Waals surface area (Å²) < 4.78 is 6.02. The second-order valence-corrected chi connectivity index (χ2v) is 6.00. The van der Waals surface area contributed by atoms with E-state index in [1.807, 2.05) is 62.4 Å². The SMILES string of the molecule is CCC(N)CN1C(=O)C(c2ccccc2)Oc2cc(C)ccc21. The lowest BCUT2D eigenvalue weighted by atomic mass is 10.0. The van der Waals surface area contributed by atoms with Crippen molar-refractivity contribution in [1.82, 2.24) is 0 Å². The number of fused-ring (bicyclic) bond motifs is 1. The van der Waals surface area contributed by atoms with Crippen molar-refractivity contribution < 1.29 is 9.53 Å². The summed E-state index contributed by atoms with van der Waals surface area (Å²) in [6.07, 6.45) is 0.205. The fourth-order valence-corrected chi connectivity index (χ4v) is 2.77. The van der Waals surface area contributed by atoms with Crippen LogP contribution in [0.1, 0.15) is 30.6 Å². The first-order valence-electron chi connectivity index (χ1n) is 7.99. The van der Waals surface area contributed by atoms with E-state index in [2.05, 4.69) is 0 Å². The second kappa shape index (κ2) is 6.42. The van der Waals surface area contributed by atoms with Crippen LogP contribution < -0.4 is 15.4 Å². The largest absolute Gasteiger partial charge is 0.474 e. The van der Waals surface area contributed by atoms with Crippen LogP contribution in [0.15, 0.2) is 48.5 Å². The van der Waals surface area contributed by atoms with Gasteiger partial charge < -0.3 is 15.4 Å². The fourth-order valence-electron chi connectivity index (χ4n) is 2.77. The monoisotopic (exact) mass is 310 g/mol. The van der Waals surface area contributed by atoms with Crippen LogP contribution in [0.4, 0.5) is 5.69 Å². The third kappa shape index (κ3) is 3.08. The number of amides is 1. The summed E-state index contributed by atoms with van der Waals surface area (Å²) in [6, 6.07) is 15.4. The van der Waals surface area contributed by atoms with Crippen LogP contribution in [-0.4, -0.2) is 18.5 Å².